The van der Waals surface area contributed by atoms with E-state index in [1.807, 2.05) is 27.7 Å². The summed E-state index contributed by atoms with van der Waals surface area (Å²) in [6, 6.07) is 0. The minimum Gasteiger partial charge on any atom is -0.463 e. The van der Waals surface area contributed by atoms with Crippen molar-refractivity contribution in [3.8, 4) is 0 Å². The molecule has 2 spiro atoms. The third-order valence-corrected chi connectivity index (χ3v) is 11.0. The lowest BCUT2D eigenvalue weighted by molar-refractivity contribution is -0.240. The minimum atomic E-state index is -2.41. The van der Waals surface area contributed by atoms with E-state index in [-0.39, 0.29) is 5.88 Å². The number of aliphatic hydroxyl groups excluding tert-OH is 2. The summed E-state index contributed by atoms with van der Waals surface area (Å²) in [5.74, 6) is -4.80. The molecule has 6 fully saturated rings. The summed E-state index contributed by atoms with van der Waals surface area (Å²) >= 11 is 0. The minimum absolute atomic E-state index is 0.190. The molecule has 0 aromatic rings. The van der Waals surface area contributed by atoms with Gasteiger partial charge in [0.15, 0.2) is 17.6 Å². The van der Waals surface area contributed by atoms with E-state index in [1.54, 1.807) is 13.1 Å². The summed E-state index contributed by atoms with van der Waals surface area (Å²) in [7, 11) is 1.54. The van der Waals surface area contributed by atoms with Crippen molar-refractivity contribution in [1.82, 2.24) is 5.32 Å². The highest BCUT2D eigenvalue weighted by molar-refractivity contribution is 5.94. The van der Waals surface area contributed by atoms with Gasteiger partial charge in [-0.1, -0.05) is 20.8 Å². The van der Waals surface area contributed by atoms with Crippen molar-refractivity contribution in [2.45, 2.75) is 95.7 Å². The Morgan fingerprint density at radius 3 is 2.34 bits per heavy atom. The number of nitrogens with one attached hydrogen (secondary N) is 1. The van der Waals surface area contributed by atoms with Crippen LogP contribution in [0.25, 0.3) is 0 Å². The summed E-state index contributed by atoms with van der Waals surface area (Å²) in [6.07, 6.45) is -8.14. The summed E-state index contributed by atoms with van der Waals surface area (Å²) in [5.41, 5.74) is -7.92. The normalized spacial score (nSPS) is 52.8. The molecule has 0 aromatic carbocycles. The van der Waals surface area contributed by atoms with Crippen LogP contribution in [0.15, 0.2) is 23.2 Å². The first-order valence-corrected chi connectivity index (χ1v) is 13.8. The van der Waals surface area contributed by atoms with Crippen molar-refractivity contribution in [2.24, 2.45) is 28.1 Å². The van der Waals surface area contributed by atoms with Crippen LogP contribution in [0.1, 0.15) is 41.5 Å². The number of carbonyl (C=O) groups excluding carboxylic acids is 3. The monoisotopic (exact) mass is 577 g/mol. The van der Waals surface area contributed by atoms with Crippen molar-refractivity contribution in [3.63, 3.8) is 0 Å². The Morgan fingerprint density at radius 2 is 1.71 bits per heavy atom. The predicted molar refractivity (Wildman–Crippen MR) is 133 cm³/mol. The molecule has 4 unspecified atom stereocenters. The Labute approximate surface area is 235 Å². The van der Waals surface area contributed by atoms with Crippen LogP contribution in [0.3, 0.4) is 0 Å². The predicted octanol–water partition coefficient (Wildman–Crippen LogP) is -0.621. The van der Waals surface area contributed by atoms with Gasteiger partial charge in [0, 0.05) is 24.8 Å². The van der Waals surface area contributed by atoms with Gasteiger partial charge in [-0.15, -0.1) is 0 Å². The highest BCUT2D eigenvalue weighted by Crippen LogP contribution is 2.84. The Bertz CT molecular complexity index is 1350. The molecule has 5 aliphatic heterocycles. The fourth-order valence-corrected chi connectivity index (χ4v) is 9.82. The van der Waals surface area contributed by atoms with E-state index in [0.29, 0.717) is 5.57 Å². The number of dihydropyridines is 1. The molecule has 2 saturated carbocycles. The van der Waals surface area contributed by atoms with Gasteiger partial charge in [0.1, 0.15) is 23.7 Å². The van der Waals surface area contributed by atoms with Crippen LogP contribution in [-0.2, 0) is 42.8 Å². The largest absolute Gasteiger partial charge is 0.463 e. The molecule has 2 aliphatic carbocycles. The SMILES string of the molecule is COC1C(C)=CNC(O[C@H]2C(=O)O[C@H]3O[C@]45C(=O)O[C@@H]6[C@H](O)C(C(C)(C)C)C32C64[C@H](O)[C@@H]2OC(=O)[C@@H](C)[C@@]25O)=C1C. The van der Waals surface area contributed by atoms with Crippen molar-refractivity contribution in [1.29, 1.82) is 0 Å². The molecular weight excluding hydrogens is 542 g/mol. The molecule has 4 saturated heterocycles. The standard InChI is InChI=1S/C28H35NO12/c1-9-8-29-19(10(2)13(9)36-7)37-18-21(33)40-23-25(18)14(24(4,5)6)12(30)16-26(25)15(31)17-27(35,11(3)20(32)38-17)28(26,41-23)22(34)39-16/h8,11-18,23,29-31,35H,1-7H3/t11-,12-,13?,14?,15-,16-,17+,18+,23+,25?,26?,27-,28-/m1/s1. The number of ether oxygens (including phenoxy) is 6. The summed E-state index contributed by atoms with van der Waals surface area (Å²) < 4.78 is 35.6. The summed E-state index contributed by atoms with van der Waals surface area (Å²) in [6.45, 7) is 10.5. The molecule has 0 bridgehead atoms. The van der Waals surface area contributed by atoms with Crippen LogP contribution in [-0.4, -0.2) is 94.5 Å². The molecule has 13 atom stereocenters. The third-order valence-electron chi connectivity index (χ3n) is 11.0. The number of carbonyl (C=O) groups is 3. The molecule has 7 rings (SSSR count). The third kappa shape index (κ3) is 2.43. The van der Waals surface area contributed by atoms with Crippen molar-refractivity contribution in [3.05, 3.63) is 23.2 Å². The number of rotatable bonds is 3. The number of esters is 3. The van der Waals surface area contributed by atoms with Gasteiger partial charge in [-0.05, 0) is 31.8 Å². The molecule has 13 nitrogen and oxygen atoms in total. The highest BCUT2D eigenvalue weighted by atomic mass is 16.8. The Hall–Kier alpha value is -2.71. The molecule has 224 valence electrons. The molecule has 5 heterocycles. The van der Waals surface area contributed by atoms with Crippen LogP contribution in [0.4, 0.5) is 0 Å². The van der Waals surface area contributed by atoms with E-state index in [0.717, 1.165) is 5.57 Å². The zero-order chi connectivity index (χ0) is 29.8. The van der Waals surface area contributed by atoms with E-state index < -0.39 is 100 Å². The maximum Gasteiger partial charge on any atom is 0.350 e. The lowest BCUT2D eigenvalue weighted by atomic mass is 9.51. The fourth-order valence-electron chi connectivity index (χ4n) is 9.82. The molecule has 4 N–H and O–H groups in total. The maximum absolute atomic E-state index is 13.9. The number of aliphatic hydroxyl groups is 3. The van der Waals surface area contributed by atoms with Crippen LogP contribution in [0.2, 0.25) is 0 Å². The van der Waals surface area contributed by atoms with E-state index >= 15 is 0 Å². The number of hydrogen-bond acceptors (Lipinski definition) is 13. The molecule has 13 heteroatoms. The number of fused-ring (bicyclic) bond motifs is 1. The van der Waals surface area contributed by atoms with Gasteiger partial charge in [0.25, 0.3) is 0 Å². The van der Waals surface area contributed by atoms with Crippen molar-refractivity contribution in [2.75, 3.05) is 7.11 Å². The lowest BCUT2D eigenvalue weighted by Gasteiger charge is -2.48. The van der Waals surface area contributed by atoms with Gasteiger partial charge < -0.3 is 49.1 Å². The van der Waals surface area contributed by atoms with E-state index in [2.05, 4.69) is 5.32 Å². The molecule has 7 aliphatic rings. The van der Waals surface area contributed by atoms with Gasteiger partial charge in [-0.2, -0.15) is 0 Å². The number of hydrogen-bond donors (Lipinski definition) is 4. The van der Waals surface area contributed by atoms with Crippen molar-refractivity contribution >= 4 is 17.9 Å². The first kappa shape index (κ1) is 27.1. The van der Waals surface area contributed by atoms with Crippen molar-refractivity contribution < 1.29 is 58.1 Å². The Balaban J connectivity index is 1.50. The molecular formula is C28H35NO12. The lowest BCUT2D eigenvalue weighted by Crippen LogP contribution is -2.67. The average molecular weight is 578 g/mol. The summed E-state index contributed by atoms with van der Waals surface area (Å²) in [4.78, 5) is 40.5. The van der Waals surface area contributed by atoms with Crippen LogP contribution in [0.5, 0.6) is 0 Å². The summed E-state index contributed by atoms with van der Waals surface area (Å²) in [5, 5.41) is 39.5. The second-order valence-electron chi connectivity index (χ2n) is 13.5. The van der Waals surface area contributed by atoms with Gasteiger partial charge >= 0.3 is 17.9 Å². The second kappa shape index (κ2) is 7.62. The maximum atomic E-state index is 13.9. The molecule has 0 aromatic heterocycles. The van der Waals surface area contributed by atoms with Crippen LogP contribution < -0.4 is 5.32 Å². The zero-order valence-corrected chi connectivity index (χ0v) is 23.8. The fraction of sp³-hybridized carbons (Fsp3) is 0.750. The first-order valence-electron chi connectivity index (χ1n) is 13.8. The topological polar surface area (TPSA) is 179 Å². The Morgan fingerprint density at radius 1 is 1.02 bits per heavy atom. The molecule has 0 amide bonds. The molecule has 41 heavy (non-hydrogen) atoms. The van der Waals surface area contributed by atoms with Gasteiger partial charge in [-0.3, -0.25) is 4.79 Å². The van der Waals surface area contributed by atoms with Gasteiger partial charge in [-0.25, -0.2) is 9.59 Å². The van der Waals surface area contributed by atoms with Crippen LogP contribution >= 0.6 is 0 Å². The zero-order valence-electron chi connectivity index (χ0n) is 23.8. The van der Waals surface area contributed by atoms with E-state index in [4.69, 9.17) is 28.4 Å². The highest BCUT2D eigenvalue weighted by Gasteiger charge is 3.05. The van der Waals surface area contributed by atoms with Crippen LogP contribution in [0, 0.1) is 28.1 Å². The quantitative estimate of drug-likeness (QED) is 0.247. The average Bonchev–Trinajstić information content (AvgIpc) is 3.58. The second-order valence-corrected chi connectivity index (χ2v) is 13.5. The van der Waals surface area contributed by atoms with Gasteiger partial charge in [0.2, 0.25) is 18.0 Å². The van der Waals surface area contributed by atoms with E-state index in [9.17, 15) is 29.7 Å². The Kier molecular flexibility index (Phi) is 5.04. The number of methoxy groups -OCH3 is 1. The van der Waals surface area contributed by atoms with E-state index in [1.165, 1.54) is 14.0 Å². The molecule has 0 radical (unpaired) electrons. The van der Waals surface area contributed by atoms with Gasteiger partial charge in [0.05, 0.1) is 17.4 Å². The smallest absolute Gasteiger partial charge is 0.350 e. The first-order chi connectivity index (χ1) is 19.1.